The highest BCUT2D eigenvalue weighted by Crippen LogP contribution is 2.26. The number of hydrogen-bond acceptors (Lipinski definition) is 0. The van der Waals surface area contributed by atoms with E-state index in [2.05, 4.69) is 48.8 Å². The van der Waals surface area contributed by atoms with Crippen LogP contribution >= 0.6 is 10.5 Å². The summed E-state index contributed by atoms with van der Waals surface area (Å²) in [5, 5.41) is 2.36. The van der Waals surface area contributed by atoms with Crippen LogP contribution in [0.2, 0.25) is 0 Å². The molecule has 2 aliphatic rings. The molecule has 0 saturated carbocycles. The van der Waals surface area contributed by atoms with Gasteiger partial charge in [0, 0.05) is 5.75 Å². The van der Waals surface area contributed by atoms with Gasteiger partial charge in [0.1, 0.15) is 0 Å². The van der Waals surface area contributed by atoms with E-state index in [1.54, 1.807) is 4.86 Å². The molecular formula is C12H14S. The SMILES string of the molecule is CC1=CC2=S(C=C1)C/C=C\C=C/C2. The van der Waals surface area contributed by atoms with Gasteiger partial charge in [-0.25, -0.2) is 0 Å². The quantitative estimate of drug-likeness (QED) is 0.513. The van der Waals surface area contributed by atoms with E-state index in [1.807, 2.05) is 0 Å². The van der Waals surface area contributed by atoms with Crippen LogP contribution < -0.4 is 0 Å². The van der Waals surface area contributed by atoms with Gasteiger partial charge in [0.05, 0.1) is 0 Å². The van der Waals surface area contributed by atoms with Gasteiger partial charge in [-0.1, -0.05) is 30.4 Å². The molecule has 1 atom stereocenters. The Kier molecular flexibility index (Phi) is 2.65. The van der Waals surface area contributed by atoms with Gasteiger partial charge < -0.3 is 0 Å². The van der Waals surface area contributed by atoms with Gasteiger partial charge in [0.25, 0.3) is 0 Å². The van der Waals surface area contributed by atoms with Gasteiger partial charge >= 0.3 is 0 Å². The molecule has 2 heterocycles. The Bertz CT molecular complexity index is 351. The van der Waals surface area contributed by atoms with Crippen molar-refractivity contribution in [2.75, 3.05) is 5.75 Å². The van der Waals surface area contributed by atoms with Gasteiger partial charge in [0.15, 0.2) is 0 Å². The van der Waals surface area contributed by atoms with E-state index in [9.17, 15) is 0 Å². The summed E-state index contributed by atoms with van der Waals surface area (Å²) in [5.41, 5.74) is 1.39. The minimum absolute atomic E-state index is 0.370. The Labute approximate surface area is 82.3 Å². The molecule has 13 heavy (non-hydrogen) atoms. The third kappa shape index (κ3) is 2.10. The topological polar surface area (TPSA) is 0 Å². The summed E-state index contributed by atoms with van der Waals surface area (Å²) < 4.78 is 0. The third-order valence-corrected chi connectivity index (χ3v) is 4.17. The lowest BCUT2D eigenvalue weighted by atomic mass is 10.2. The molecule has 0 spiro atoms. The molecule has 0 aromatic rings. The van der Waals surface area contributed by atoms with Crippen molar-refractivity contribution in [1.82, 2.24) is 0 Å². The first kappa shape index (κ1) is 8.76. The van der Waals surface area contributed by atoms with Gasteiger partial charge in [-0.15, -0.1) is 0 Å². The number of allylic oxidation sites excluding steroid dienone is 6. The molecule has 0 bridgehead atoms. The van der Waals surface area contributed by atoms with Crippen molar-refractivity contribution >= 4 is 15.3 Å². The van der Waals surface area contributed by atoms with E-state index in [0.29, 0.717) is 10.5 Å². The molecule has 0 nitrogen and oxygen atoms in total. The van der Waals surface area contributed by atoms with Crippen molar-refractivity contribution in [1.29, 1.82) is 0 Å². The van der Waals surface area contributed by atoms with Crippen molar-refractivity contribution in [2.24, 2.45) is 0 Å². The Morgan fingerprint density at radius 3 is 3.00 bits per heavy atom. The van der Waals surface area contributed by atoms with Crippen molar-refractivity contribution in [3.8, 4) is 0 Å². The van der Waals surface area contributed by atoms with Gasteiger partial charge in [-0.2, -0.15) is 10.5 Å². The van der Waals surface area contributed by atoms with E-state index in [4.69, 9.17) is 0 Å². The zero-order chi connectivity index (χ0) is 9.10. The first-order valence-corrected chi connectivity index (χ1v) is 6.05. The van der Waals surface area contributed by atoms with Crippen LogP contribution in [0.1, 0.15) is 13.3 Å². The summed E-state index contributed by atoms with van der Waals surface area (Å²) in [6.07, 6.45) is 14.5. The van der Waals surface area contributed by atoms with Gasteiger partial charge in [-0.3, -0.25) is 0 Å². The van der Waals surface area contributed by atoms with Crippen LogP contribution in [0.4, 0.5) is 0 Å². The summed E-state index contributed by atoms with van der Waals surface area (Å²) in [7, 11) is 0.370. The molecule has 0 N–H and O–H groups in total. The zero-order valence-corrected chi connectivity index (χ0v) is 8.68. The average Bonchev–Trinajstić information content (AvgIpc) is 2.08. The lowest BCUT2D eigenvalue weighted by Crippen LogP contribution is -1.99. The Hall–Kier alpha value is -0.820. The van der Waals surface area contributed by atoms with Crippen LogP contribution in [0.5, 0.6) is 0 Å². The molecule has 1 heteroatoms. The minimum atomic E-state index is 0.370. The molecule has 1 unspecified atom stereocenters. The van der Waals surface area contributed by atoms with Gasteiger partial charge in [0.2, 0.25) is 0 Å². The van der Waals surface area contributed by atoms with Gasteiger partial charge in [-0.05, 0) is 35.3 Å². The zero-order valence-electron chi connectivity index (χ0n) is 7.86. The molecule has 0 aromatic heterocycles. The maximum absolute atomic E-state index is 2.36. The number of rotatable bonds is 0. The van der Waals surface area contributed by atoms with E-state index in [1.165, 1.54) is 11.3 Å². The first-order chi connectivity index (χ1) is 6.36. The largest absolute Gasteiger partial charge is 0.155 e. The fourth-order valence-electron chi connectivity index (χ4n) is 1.48. The average molecular weight is 190 g/mol. The molecule has 0 aliphatic carbocycles. The molecule has 0 fully saturated rings. The second kappa shape index (κ2) is 3.93. The summed E-state index contributed by atoms with van der Waals surface area (Å²) >= 11 is 0. The first-order valence-electron chi connectivity index (χ1n) is 4.60. The van der Waals surface area contributed by atoms with Crippen molar-refractivity contribution in [3.63, 3.8) is 0 Å². The third-order valence-electron chi connectivity index (χ3n) is 2.20. The maximum Gasteiger partial charge on any atom is 0.0107 e. The van der Waals surface area contributed by atoms with Crippen LogP contribution in [0, 0.1) is 0 Å². The van der Waals surface area contributed by atoms with Crippen LogP contribution in [-0.4, -0.2) is 10.6 Å². The fraction of sp³-hybridized carbons (Fsp3) is 0.250. The smallest absolute Gasteiger partial charge is 0.0107 e. The molecule has 0 saturated heterocycles. The summed E-state index contributed by atoms with van der Waals surface area (Å²) in [6.45, 7) is 2.17. The van der Waals surface area contributed by atoms with Crippen LogP contribution in [-0.2, 0) is 0 Å². The van der Waals surface area contributed by atoms with Crippen LogP contribution in [0.25, 0.3) is 0 Å². The Balaban J connectivity index is 2.36. The Morgan fingerprint density at radius 1 is 1.23 bits per heavy atom. The second-order valence-electron chi connectivity index (χ2n) is 3.31. The number of hydrogen-bond donors (Lipinski definition) is 0. The highest BCUT2D eigenvalue weighted by atomic mass is 32.2. The van der Waals surface area contributed by atoms with E-state index in [-0.39, 0.29) is 0 Å². The van der Waals surface area contributed by atoms with Crippen molar-refractivity contribution in [2.45, 2.75) is 13.3 Å². The maximum atomic E-state index is 2.36. The molecule has 2 aliphatic heterocycles. The lowest BCUT2D eigenvalue weighted by Gasteiger charge is -2.13. The molecule has 68 valence electrons. The van der Waals surface area contributed by atoms with E-state index < -0.39 is 0 Å². The van der Waals surface area contributed by atoms with E-state index >= 15 is 0 Å². The normalized spacial score (nSPS) is 31.3. The fourth-order valence-corrected chi connectivity index (χ4v) is 3.33. The monoisotopic (exact) mass is 190 g/mol. The second-order valence-corrected chi connectivity index (χ2v) is 5.30. The van der Waals surface area contributed by atoms with E-state index in [0.717, 1.165) is 6.42 Å². The predicted molar refractivity (Wildman–Crippen MR) is 63.3 cm³/mol. The highest BCUT2D eigenvalue weighted by molar-refractivity contribution is 8.18. The standard InChI is InChI=1S/C12H14S/c1-11-7-9-13-8-5-3-2-4-6-12(13)10-11/h2-5,7,9-10H,6,8H2,1H3/b4-2-,5-3-. The molecular weight excluding hydrogens is 176 g/mol. The molecule has 0 aromatic carbocycles. The lowest BCUT2D eigenvalue weighted by molar-refractivity contribution is 1.47. The summed E-state index contributed by atoms with van der Waals surface area (Å²) in [5.74, 6) is 1.18. The molecule has 2 rings (SSSR count). The van der Waals surface area contributed by atoms with Crippen molar-refractivity contribution < 1.29 is 0 Å². The van der Waals surface area contributed by atoms with Crippen LogP contribution in [0.15, 0.2) is 47.4 Å². The van der Waals surface area contributed by atoms with Crippen molar-refractivity contribution in [3.05, 3.63) is 47.4 Å². The predicted octanol–water partition coefficient (Wildman–Crippen LogP) is 3.42. The highest BCUT2D eigenvalue weighted by Gasteiger charge is 2.03. The summed E-state index contributed by atoms with van der Waals surface area (Å²) in [6, 6.07) is 0. The molecule has 0 amide bonds. The Morgan fingerprint density at radius 2 is 2.08 bits per heavy atom. The summed E-state index contributed by atoms with van der Waals surface area (Å²) in [4.78, 5) is 1.58. The minimum Gasteiger partial charge on any atom is -0.155 e. The molecule has 0 radical (unpaired) electrons. The van der Waals surface area contributed by atoms with Crippen LogP contribution in [0.3, 0.4) is 0 Å².